The Labute approximate surface area is 164 Å². The van der Waals surface area contributed by atoms with Crippen LogP contribution < -0.4 is 9.64 Å². The zero-order chi connectivity index (χ0) is 20.3. The molecule has 1 aromatic carbocycles. The predicted molar refractivity (Wildman–Crippen MR) is 102 cm³/mol. The molecule has 154 valence electrons. The van der Waals surface area contributed by atoms with Gasteiger partial charge in [-0.3, -0.25) is 4.79 Å². The third-order valence-electron chi connectivity index (χ3n) is 4.92. The van der Waals surface area contributed by atoms with Crippen molar-refractivity contribution in [1.82, 2.24) is 9.21 Å². The van der Waals surface area contributed by atoms with Crippen LogP contribution in [0.2, 0.25) is 0 Å². The van der Waals surface area contributed by atoms with Gasteiger partial charge in [-0.1, -0.05) is 0 Å². The SMILES string of the molecule is CCOC(=O)N1CCN(S(=O)(=O)c2ccc(OC)c(N3CCCC3=O)c2)CC1. The van der Waals surface area contributed by atoms with Gasteiger partial charge in [-0.25, -0.2) is 13.2 Å². The molecule has 0 spiro atoms. The Morgan fingerprint density at radius 1 is 1.14 bits per heavy atom. The Morgan fingerprint density at radius 2 is 1.86 bits per heavy atom. The summed E-state index contributed by atoms with van der Waals surface area (Å²) in [5, 5.41) is 0. The van der Waals surface area contributed by atoms with Crippen molar-refractivity contribution in [1.29, 1.82) is 0 Å². The molecule has 3 rings (SSSR count). The second-order valence-electron chi connectivity index (χ2n) is 6.57. The molecule has 9 nitrogen and oxygen atoms in total. The molecular weight excluding hydrogens is 386 g/mol. The van der Waals surface area contributed by atoms with E-state index in [9.17, 15) is 18.0 Å². The van der Waals surface area contributed by atoms with Gasteiger partial charge in [0.2, 0.25) is 15.9 Å². The summed E-state index contributed by atoms with van der Waals surface area (Å²) in [5.41, 5.74) is 0.469. The first-order chi connectivity index (χ1) is 13.4. The van der Waals surface area contributed by atoms with Crippen molar-refractivity contribution in [2.24, 2.45) is 0 Å². The number of nitrogens with zero attached hydrogens (tertiary/aromatic N) is 3. The van der Waals surface area contributed by atoms with E-state index < -0.39 is 16.1 Å². The fourth-order valence-electron chi connectivity index (χ4n) is 3.42. The van der Waals surface area contributed by atoms with Crippen molar-refractivity contribution in [2.45, 2.75) is 24.7 Å². The number of rotatable bonds is 5. The molecule has 2 fully saturated rings. The van der Waals surface area contributed by atoms with E-state index in [2.05, 4.69) is 0 Å². The highest BCUT2D eigenvalue weighted by Crippen LogP contribution is 2.34. The maximum absolute atomic E-state index is 13.1. The predicted octanol–water partition coefficient (Wildman–Crippen LogP) is 1.28. The van der Waals surface area contributed by atoms with Gasteiger partial charge in [-0.05, 0) is 31.5 Å². The second kappa shape index (κ2) is 8.36. The van der Waals surface area contributed by atoms with Crippen molar-refractivity contribution in [2.75, 3.05) is 51.3 Å². The number of carbonyl (C=O) groups excluding carboxylic acids is 2. The van der Waals surface area contributed by atoms with Gasteiger partial charge < -0.3 is 19.3 Å². The highest BCUT2D eigenvalue weighted by molar-refractivity contribution is 7.89. The Bertz CT molecular complexity index is 849. The van der Waals surface area contributed by atoms with Crippen LogP contribution >= 0.6 is 0 Å². The van der Waals surface area contributed by atoms with Gasteiger partial charge in [0.15, 0.2) is 0 Å². The Kier molecular flexibility index (Phi) is 6.09. The van der Waals surface area contributed by atoms with Crippen LogP contribution in [0.3, 0.4) is 0 Å². The first kappa shape index (κ1) is 20.4. The fraction of sp³-hybridized carbons (Fsp3) is 0.556. The van der Waals surface area contributed by atoms with E-state index in [1.54, 1.807) is 17.9 Å². The lowest BCUT2D eigenvalue weighted by Crippen LogP contribution is -2.50. The number of methoxy groups -OCH3 is 1. The topological polar surface area (TPSA) is 96.5 Å². The van der Waals surface area contributed by atoms with Crippen molar-refractivity contribution in [3.63, 3.8) is 0 Å². The van der Waals surface area contributed by atoms with Gasteiger partial charge in [0.25, 0.3) is 0 Å². The van der Waals surface area contributed by atoms with Crippen LogP contribution in [0.4, 0.5) is 10.5 Å². The smallest absolute Gasteiger partial charge is 0.409 e. The molecule has 1 aromatic rings. The lowest BCUT2D eigenvalue weighted by atomic mass is 10.2. The number of ether oxygens (including phenoxy) is 2. The molecule has 2 heterocycles. The molecular formula is C18H25N3O6S. The Morgan fingerprint density at radius 3 is 2.43 bits per heavy atom. The molecule has 2 aliphatic rings. The number of anilines is 1. The van der Waals surface area contributed by atoms with E-state index in [4.69, 9.17) is 9.47 Å². The van der Waals surface area contributed by atoms with E-state index in [-0.39, 0.29) is 43.6 Å². The lowest BCUT2D eigenvalue weighted by molar-refractivity contribution is -0.117. The van der Waals surface area contributed by atoms with Crippen LogP contribution in [0.1, 0.15) is 19.8 Å². The zero-order valence-corrected chi connectivity index (χ0v) is 16.9. The van der Waals surface area contributed by atoms with E-state index in [0.717, 1.165) is 6.42 Å². The van der Waals surface area contributed by atoms with Gasteiger partial charge in [0.05, 0.1) is 24.3 Å². The summed E-state index contributed by atoms with van der Waals surface area (Å²) in [6.07, 6.45) is 0.740. The highest BCUT2D eigenvalue weighted by Gasteiger charge is 2.32. The molecule has 0 bridgehead atoms. The molecule has 10 heteroatoms. The number of sulfonamides is 1. The number of amides is 2. The van der Waals surface area contributed by atoms with Crippen LogP contribution in [-0.4, -0.2) is 76.1 Å². The third-order valence-corrected chi connectivity index (χ3v) is 6.81. The van der Waals surface area contributed by atoms with Crippen LogP contribution in [0, 0.1) is 0 Å². The number of carbonyl (C=O) groups is 2. The molecule has 0 unspecified atom stereocenters. The second-order valence-corrected chi connectivity index (χ2v) is 8.51. The quantitative estimate of drug-likeness (QED) is 0.724. The maximum Gasteiger partial charge on any atom is 0.409 e. The summed E-state index contributed by atoms with van der Waals surface area (Å²) in [7, 11) is -2.27. The molecule has 0 saturated carbocycles. The van der Waals surface area contributed by atoms with E-state index >= 15 is 0 Å². The van der Waals surface area contributed by atoms with Gasteiger partial charge in [0.1, 0.15) is 5.75 Å². The molecule has 2 amide bonds. The highest BCUT2D eigenvalue weighted by atomic mass is 32.2. The van der Waals surface area contributed by atoms with Gasteiger partial charge in [-0.15, -0.1) is 0 Å². The largest absolute Gasteiger partial charge is 0.495 e. The summed E-state index contributed by atoms with van der Waals surface area (Å²) in [6.45, 7) is 3.46. The Hall–Kier alpha value is -2.33. The van der Waals surface area contributed by atoms with E-state index in [1.165, 1.54) is 28.4 Å². The zero-order valence-electron chi connectivity index (χ0n) is 16.1. The number of benzene rings is 1. The molecule has 0 aliphatic carbocycles. The Balaban J connectivity index is 1.81. The summed E-state index contributed by atoms with van der Waals surface area (Å²) >= 11 is 0. The van der Waals surface area contributed by atoms with Gasteiger partial charge in [-0.2, -0.15) is 4.31 Å². The molecule has 0 N–H and O–H groups in total. The van der Waals surface area contributed by atoms with Crippen LogP contribution in [0.5, 0.6) is 5.75 Å². The lowest BCUT2D eigenvalue weighted by Gasteiger charge is -2.33. The standard InChI is InChI=1S/C18H25N3O6S/c1-3-27-18(23)19-9-11-20(12-10-19)28(24,25)14-6-7-16(26-2)15(13-14)21-8-4-5-17(21)22/h6-7,13H,3-5,8-12H2,1-2H3. The number of piperazine rings is 1. The van der Waals surface area contributed by atoms with Gasteiger partial charge in [0, 0.05) is 39.1 Å². The number of hydrogen-bond acceptors (Lipinski definition) is 6. The maximum atomic E-state index is 13.1. The average molecular weight is 411 g/mol. The number of hydrogen-bond donors (Lipinski definition) is 0. The van der Waals surface area contributed by atoms with Crippen LogP contribution in [-0.2, 0) is 19.6 Å². The first-order valence-electron chi connectivity index (χ1n) is 9.28. The fourth-order valence-corrected chi connectivity index (χ4v) is 4.86. The third kappa shape index (κ3) is 3.93. The van der Waals surface area contributed by atoms with E-state index in [0.29, 0.717) is 24.4 Å². The molecule has 0 radical (unpaired) electrons. The molecule has 0 atom stereocenters. The van der Waals surface area contributed by atoms with Gasteiger partial charge >= 0.3 is 6.09 Å². The average Bonchev–Trinajstić information content (AvgIpc) is 3.13. The minimum atomic E-state index is -3.76. The summed E-state index contributed by atoms with van der Waals surface area (Å²) in [6, 6.07) is 4.55. The molecule has 0 aromatic heterocycles. The minimum absolute atomic E-state index is 0.0455. The van der Waals surface area contributed by atoms with Crippen molar-refractivity contribution >= 4 is 27.7 Å². The van der Waals surface area contributed by atoms with Crippen molar-refractivity contribution in [3.05, 3.63) is 18.2 Å². The minimum Gasteiger partial charge on any atom is -0.495 e. The normalized spacial score (nSPS) is 18.4. The first-order valence-corrected chi connectivity index (χ1v) is 10.7. The van der Waals surface area contributed by atoms with Crippen molar-refractivity contribution in [3.8, 4) is 5.75 Å². The van der Waals surface area contributed by atoms with Crippen LogP contribution in [0.15, 0.2) is 23.1 Å². The summed E-state index contributed by atoms with van der Waals surface area (Å²) in [4.78, 5) is 27.1. The summed E-state index contributed by atoms with van der Waals surface area (Å²) in [5.74, 6) is 0.414. The van der Waals surface area contributed by atoms with Crippen molar-refractivity contribution < 1.29 is 27.5 Å². The monoisotopic (exact) mass is 411 g/mol. The molecule has 2 saturated heterocycles. The van der Waals surface area contributed by atoms with Crippen LogP contribution in [0.25, 0.3) is 0 Å². The van der Waals surface area contributed by atoms with E-state index in [1.807, 2.05) is 0 Å². The molecule has 2 aliphatic heterocycles. The summed E-state index contributed by atoms with van der Waals surface area (Å²) < 4.78 is 37.8. The molecule has 28 heavy (non-hydrogen) atoms.